The molecule has 6 atom stereocenters. The third-order valence-electron chi connectivity index (χ3n) is 8.44. The summed E-state index contributed by atoms with van der Waals surface area (Å²) in [6, 6.07) is 0. The highest BCUT2D eigenvalue weighted by Gasteiger charge is 2.35. The molecule has 0 aromatic rings. The quantitative estimate of drug-likeness (QED) is 0.164. The highest BCUT2D eigenvalue weighted by molar-refractivity contribution is 6.23. The summed E-state index contributed by atoms with van der Waals surface area (Å²) in [6.07, 6.45) is 6.21. The zero-order valence-corrected chi connectivity index (χ0v) is 30.6. The lowest BCUT2D eigenvalue weighted by Gasteiger charge is -2.32. The van der Waals surface area contributed by atoms with Gasteiger partial charge in [-0.15, -0.1) is 6.58 Å². The van der Waals surface area contributed by atoms with Crippen molar-refractivity contribution in [2.75, 3.05) is 41.4 Å². The molecule has 0 aromatic heterocycles. The number of ether oxygens (including phenoxy) is 4. The molecule has 2 rings (SSSR count). The number of ketones is 2. The van der Waals surface area contributed by atoms with Gasteiger partial charge in [0.1, 0.15) is 12.2 Å². The number of nitrogens with two attached hydrogens (primary N) is 1. The minimum Gasteiger partial charge on any atom is -0.459 e. The number of nitrogens with one attached hydrogen (secondary N) is 2. The normalized spacial score (nSPS) is 28.4. The minimum atomic E-state index is -1.02. The van der Waals surface area contributed by atoms with Gasteiger partial charge in [0.05, 0.1) is 17.5 Å². The van der Waals surface area contributed by atoms with Gasteiger partial charge in [-0.25, -0.2) is 4.79 Å². The maximum Gasteiger partial charge on any atom is 0.405 e. The number of carbonyl (C=O) groups is 5. The molecule has 0 fully saturated rings. The van der Waals surface area contributed by atoms with E-state index < -0.39 is 59.9 Å². The Morgan fingerprint density at radius 3 is 2.42 bits per heavy atom. The zero-order chi connectivity index (χ0) is 37.5. The Morgan fingerprint density at radius 1 is 1.12 bits per heavy atom. The van der Waals surface area contributed by atoms with Gasteiger partial charge in [0.15, 0.2) is 6.10 Å². The van der Waals surface area contributed by atoms with Crippen molar-refractivity contribution >= 4 is 29.5 Å². The van der Waals surface area contributed by atoms with Crippen LogP contribution in [0.15, 0.2) is 71.1 Å². The number of allylic oxidation sites excluding steroid dienone is 4. The second kappa shape index (κ2) is 20.4. The summed E-state index contributed by atoms with van der Waals surface area (Å²) >= 11 is 0. The fourth-order valence-electron chi connectivity index (χ4n) is 5.87. The molecule has 0 spiro atoms. The Kier molecular flexibility index (Phi) is 17.0. The summed E-state index contributed by atoms with van der Waals surface area (Å²) in [7, 11) is 6.80. The van der Waals surface area contributed by atoms with Crippen molar-refractivity contribution in [1.82, 2.24) is 15.5 Å². The number of nitrogens with zero attached hydrogens (tertiary/aromatic N) is 1. The Balaban J connectivity index is 2.71. The van der Waals surface area contributed by atoms with Gasteiger partial charge in [0.2, 0.25) is 11.6 Å². The van der Waals surface area contributed by atoms with Gasteiger partial charge in [0.25, 0.3) is 5.91 Å². The number of methoxy groups -OCH3 is 2. The summed E-state index contributed by atoms with van der Waals surface area (Å²) in [5, 5.41) is 5.58. The van der Waals surface area contributed by atoms with Gasteiger partial charge in [-0.05, 0) is 65.2 Å². The van der Waals surface area contributed by atoms with Gasteiger partial charge in [-0.2, -0.15) is 0 Å². The molecule has 1 aliphatic carbocycles. The average molecular weight is 699 g/mol. The van der Waals surface area contributed by atoms with E-state index in [4.69, 9.17) is 24.7 Å². The van der Waals surface area contributed by atoms with E-state index >= 15 is 0 Å². The van der Waals surface area contributed by atoms with Crippen LogP contribution in [0.25, 0.3) is 0 Å². The molecule has 0 aromatic carbocycles. The van der Waals surface area contributed by atoms with Crippen LogP contribution in [0, 0.1) is 11.8 Å². The summed E-state index contributed by atoms with van der Waals surface area (Å²) in [6.45, 7) is 11.7. The molecule has 2 amide bonds. The Hall–Kier alpha value is -4.33. The van der Waals surface area contributed by atoms with Crippen LogP contribution in [0.3, 0.4) is 0 Å². The van der Waals surface area contributed by atoms with Crippen LogP contribution in [0.2, 0.25) is 0 Å². The van der Waals surface area contributed by atoms with Crippen molar-refractivity contribution in [3.8, 4) is 0 Å². The van der Waals surface area contributed by atoms with Crippen LogP contribution in [0.4, 0.5) is 4.79 Å². The van der Waals surface area contributed by atoms with E-state index in [1.807, 2.05) is 38.9 Å². The van der Waals surface area contributed by atoms with Crippen LogP contribution in [-0.2, 0) is 38.1 Å². The van der Waals surface area contributed by atoms with Crippen molar-refractivity contribution < 1.29 is 42.9 Å². The number of fused-ring (bicyclic) bond motifs is 2. The molecule has 2 bridgehead atoms. The summed E-state index contributed by atoms with van der Waals surface area (Å²) in [5.74, 6) is -2.65. The van der Waals surface area contributed by atoms with E-state index in [-0.39, 0.29) is 47.8 Å². The van der Waals surface area contributed by atoms with E-state index in [0.717, 1.165) is 6.08 Å². The summed E-state index contributed by atoms with van der Waals surface area (Å²) < 4.78 is 23.2. The van der Waals surface area contributed by atoms with Gasteiger partial charge in [-0.3, -0.25) is 19.2 Å². The van der Waals surface area contributed by atoms with E-state index in [1.54, 1.807) is 32.1 Å². The fourth-order valence-corrected chi connectivity index (χ4v) is 5.87. The molecule has 0 saturated carbocycles. The van der Waals surface area contributed by atoms with E-state index in [9.17, 15) is 24.0 Å². The van der Waals surface area contributed by atoms with Gasteiger partial charge in [0, 0.05) is 50.3 Å². The monoisotopic (exact) mass is 698 g/mol. The first-order chi connectivity index (χ1) is 23.6. The number of hydrogen-bond acceptors (Lipinski definition) is 11. The van der Waals surface area contributed by atoms with Crippen LogP contribution in [0.1, 0.15) is 53.4 Å². The van der Waals surface area contributed by atoms with Crippen LogP contribution in [0.5, 0.6) is 0 Å². The minimum absolute atomic E-state index is 0.136. The molecule has 276 valence electrons. The SMILES string of the molecule is C=CCNC1=C2C[C@@H](C)C[C@H](OC)[C@H](OC(=O)CCCN(C)C)[C@@H](C)/C=C(\C)[C@H](OC(N)=O)[C@H](OC)/C=C\C=C(/C)C(=O)NC(=CC1=O)C2=O. The summed E-state index contributed by atoms with van der Waals surface area (Å²) in [4.78, 5) is 67.4. The maximum absolute atomic E-state index is 13.8. The summed E-state index contributed by atoms with van der Waals surface area (Å²) in [5.41, 5.74) is 6.46. The first-order valence-electron chi connectivity index (χ1n) is 16.7. The number of esters is 1. The van der Waals surface area contributed by atoms with Crippen molar-refractivity contribution in [3.63, 3.8) is 0 Å². The molecule has 0 radical (unpaired) electrons. The molecule has 2 aliphatic rings. The standard InChI is InChI=1S/C37H54N4O9/c1-10-16-39-32-26-18-22(2)19-30(48-9)35(49-31(43)15-12-17-41(6)7)25(5)20-24(4)34(50-37(38)46)29(47-8)14-11-13-23(3)36(45)40-27(33(26)44)21-28(32)42/h10-11,13-14,20-22,25,29-30,34-35,39H,1,12,15-19H2,2-9H3,(H2,38,46)(H,40,45)/b14-11-,23-13+,24-20+/t22-,25+,29-,30+,34+,35-/m1/s1. The molecule has 13 heteroatoms. The van der Waals surface area contributed by atoms with Crippen molar-refractivity contribution in [2.45, 2.75) is 77.8 Å². The molecule has 4 N–H and O–H groups in total. The molecule has 13 nitrogen and oxygen atoms in total. The molecule has 50 heavy (non-hydrogen) atoms. The van der Waals surface area contributed by atoms with Gasteiger partial charge >= 0.3 is 12.1 Å². The molecule has 1 aliphatic heterocycles. The molecule has 0 saturated heterocycles. The number of rotatable bonds is 11. The second-order valence-corrected chi connectivity index (χ2v) is 13.0. The van der Waals surface area contributed by atoms with Crippen molar-refractivity contribution in [3.05, 3.63) is 71.1 Å². The van der Waals surface area contributed by atoms with Crippen LogP contribution in [-0.4, -0.2) is 100 Å². The molecular weight excluding hydrogens is 644 g/mol. The maximum atomic E-state index is 13.8. The smallest absolute Gasteiger partial charge is 0.405 e. The molecule has 0 unspecified atom stereocenters. The van der Waals surface area contributed by atoms with Gasteiger partial charge < -0.3 is 40.2 Å². The van der Waals surface area contributed by atoms with E-state index in [2.05, 4.69) is 17.2 Å². The number of amides is 2. The number of primary amides is 1. The lowest BCUT2D eigenvalue weighted by atomic mass is 9.85. The highest BCUT2D eigenvalue weighted by atomic mass is 16.6. The van der Waals surface area contributed by atoms with Gasteiger partial charge in [-0.1, -0.05) is 44.2 Å². The Labute approximate surface area is 295 Å². The van der Waals surface area contributed by atoms with E-state index in [1.165, 1.54) is 20.3 Å². The molecular formula is C37H54N4O9. The van der Waals surface area contributed by atoms with Crippen LogP contribution < -0.4 is 16.4 Å². The Morgan fingerprint density at radius 2 is 1.82 bits per heavy atom. The number of Topliss-reactive ketones (excluding diaryl/α,β-unsaturated/α-hetero) is 1. The predicted octanol–water partition coefficient (Wildman–Crippen LogP) is 3.43. The fraction of sp³-hybridized carbons (Fsp3) is 0.541. The highest BCUT2D eigenvalue weighted by Crippen LogP contribution is 2.30. The third kappa shape index (κ3) is 12.5. The second-order valence-electron chi connectivity index (χ2n) is 13.0. The number of hydrogen-bond donors (Lipinski definition) is 3. The average Bonchev–Trinajstić information content (AvgIpc) is 3.04. The zero-order valence-electron chi connectivity index (χ0n) is 30.6. The Bertz CT molecular complexity index is 1430. The van der Waals surface area contributed by atoms with Crippen molar-refractivity contribution in [2.24, 2.45) is 17.6 Å². The first-order valence-corrected chi connectivity index (χ1v) is 16.7. The lowest BCUT2D eigenvalue weighted by molar-refractivity contribution is -0.160. The van der Waals surface area contributed by atoms with E-state index in [0.29, 0.717) is 25.0 Å². The predicted molar refractivity (Wildman–Crippen MR) is 189 cm³/mol. The molecule has 1 heterocycles. The largest absolute Gasteiger partial charge is 0.459 e. The lowest BCUT2D eigenvalue weighted by Crippen LogP contribution is -2.40. The van der Waals surface area contributed by atoms with Crippen molar-refractivity contribution in [1.29, 1.82) is 0 Å². The first kappa shape index (κ1) is 41.8. The third-order valence-corrected chi connectivity index (χ3v) is 8.44. The topological polar surface area (TPSA) is 176 Å². The number of carbonyl (C=O) groups excluding carboxylic acids is 5. The van der Waals surface area contributed by atoms with Crippen LogP contribution >= 0.6 is 0 Å².